The molecule has 4 aromatic rings. The summed E-state index contributed by atoms with van der Waals surface area (Å²) in [7, 11) is 1.52. The molecule has 0 spiro atoms. The summed E-state index contributed by atoms with van der Waals surface area (Å²) in [5, 5.41) is 28.5. The van der Waals surface area contributed by atoms with Crippen LogP contribution in [0.3, 0.4) is 0 Å². The summed E-state index contributed by atoms with van der Waals surface area (Å²) in [6.45, 7) is 8.00. The lowest BCUT2D eigenvalue weighted by Gasteiger charge is -2.25. The number of aryl methyl sites for hydroxylation is 1. The summed E-state index contributed by atoms with van der Waals surface area (Å²) in [5.74, 6) is -1.39. The zero-order chi connectivity index (χ0) is 39.2. The second kappa shape index (κ2) is 17.2. The van der Waals surface area contributed by atoms with Crippen LogP contribution in [0.4, 0.5) is 5.82 Å². The summed E-state index contributed by atoms with van der Waals surface area (Å²) in [6.07, 6.45) is 2.87. The highest BCUT2D eigenvalue weighted by Gasteiger charge is 2.31. The van der Waals surface area contributed by atoms with E-state index in [1.807, 2.05) is 44.2 Å². The molecule has 0 saturated carbocycles. The number of ether oxygens (including phenoxy) is 2. The second-order valence-corrected chi connectivity index (χ2v) is 15.3. The van der Waals surface area contributed by atoms with Gasteiger partial charge in [0.1, 0.15) is 16.9 Å². The lowest BCUT2D eigenvalue weighted by molar-refractivity contribution is -0.139. The maximum atomic E-state index is 14.1. The summed E-state index contributed by atoms with van der Waals surface area (Å²) >= 11 is 13.5. The number of carbonyl (C=O) groups excluding carboxylic acids is 1. The summed E-state index contributed by atoms with van der Waals surface area (Å²) in [4.78, 5) is 45.7. The third-order valence-corrected chi connectivity index (χ3v) is 9.81. The number of halogens is 2. The third-order valence-electron chi connectivity index (χ3n) is 9.22. The van der Waals surface area contributed by atoms with E-state index < -0.39 is 35.0 Å². The number of fused-ring (bicyclic) bond motifs is 1. The monoisotopic (exact) mass is 777 g/mol. The molecular weight excluding hydrogens is 733 g/mol. The molecule has 0 bridgehead atoms. The molecule has 0 saturated heterocycles. The Labute approximate surface area is 324 Å². The van der Waals surface area contributed by atoms with Crippen LogP contribution < -0.4 is 25.4 Å². The summed E-state index contributed by atoms with van der Waals surface area (Å²) in [5.41, 5.74) is 3.71. The number of carboxylic acid groups (broad SMARTS) is 2. The van der Waals surface area contributed by atoms with Gasteiger partial charge in [-0.15, -0.1) is 0 Å². The number of nitrogens with zero attached hydrogens (tertiary/aromatic N) is 2. The largest absolute Gasteiger partial charge is 0.481 e. The maximum Gasteiger partial charge on any atom is 0.305 e. The third kappa shape index (κ3) is 10.1. The van der Waals surface area contributed by atoms with Gasteiger partial charge in [-0.1, -0.05) is 59.6 Å². The van der Waals surface area contributed by atoms with Gasteiger partial charge in [0, 0.05) is 40.5 Å². The van der Waals surface area contributed by atoms with E-state index in [0.717, 1.165) is 28.7 Å². The Kier molecular flexibility index (Phi) is 12.8. The van der Waals surface area contributed by atoms with Crippen molar-refractivity contribution in [2.75, 3.05) is 19.0 Å². The standard InChI is InChI=1S/C40H45Cl2N5O7/c1-39(2,20-31(48)49)44-18-16-24-19-29(42)38(47-37(24)53-5)54-30-15-14-23-9-6-11-26(33(23)30)27-12-7-13-28(41)34(27)36(52)46-35-25(10-8-17-43-35)22-45-40(3,4)21-32(50)51/h6-13,17,19,30,44-45H,14-16,18,20-22H2,1-5H3,(H,48,49)(H,50,51)(H,43,46,52)/t30-/m0/s1. The van der Waals surface area contributed by atoms with Crippen molar-refractivity contribution in [3.63, 3.8) is 0 Å². The fraction of sp³-hybridized carbons (Fsp3) is 0.375. The number of amides is 1. The molecule has 0 unspecified atom stereocenters. The zero-order valence-corrected chi connectivity index (χ0v) is 32.4. The fourth-order valence-corrected chi connectivity index (χ4v) is 7.14. The van der Waals surface area contributed by atoms with E-state index in [9.17, 15) is 24.6 Å². The molecule has 14 heteroatoms. The number of aromatic nitrogens is 2. The lowest BCUT2D eigenvalue weighted by atomic mass is 9.92. The minimum absolute atomic E-state index is 0.0266. The van der Waals surface area contributed by atoms with E-state index in [-0.39, 0.29) is 35.9 Å². The average Bonchev–Trinajstić information content (AvgIpc) is 3.50. The van der Waals surface area contributed by atoms with Gasteiger partial charge in [0.05, 0.1) is 30.5 Å². The van der Waals surface area contributed by atoms with Gasteiger partial charge in [0.15, 0.2) is 0 Å². The smallest absolute Gasteiger partial charge is 0.305 e. The number of pyridine rings is 2. The molecular formula is C40H45Cl2N5O7. The Bertz CT molecular complexity index is 2040. The molecule has 5 rings (SSSR count). The van der Waals surface area contributed by atoms with E-state index in [2.05, 4.69) is 25.9 Å². The number of anilines is 1. The first kappa shape index (κ1) is 40.4. The predicted octanol–water partition coefficient (Wildman–Crippen LogP) is 7.51. The van der Waals surface area contributed by atoms with Crippen LogP contribution in [-0.2, 0) is 29.0 Å². The fourth-order valence-electron chi connectivity index (χ4n) is 6.66. The molecule has 12 nitrogen and oxygen atoms in total. The lowest BCUT2D eigenvalue weighted by Crippen LogP contribution is -2.42. The average molecular weight is 779 g/mol. The number of rotatable bonds is 17. The number of benzene rings is 2. The van der Waals surface area contributed by atoms with Crippen molar-refractivity contribution < 1.29 is 34.1 Å². The van der Waals surface area contributed by atoms with Crippen LogP contribution in [-0.4, -0.2) is 62.8 Å². The minimum Gasteiger partial charge on any atom is -0.481 e. The number of hydrogen-bond acceptors (Lipinski definition) is 9. The van der Waals surface area contributed by atoms with E-state index in [4.69, 9.17) is 32.7 Å². The van der Waals surface area contributed by atoms with Gasteiger partial charge in [-0.3, -0.25) is 14.4 Å². The Morgan fingerprint density at radius 2 is 1.56 bits per heavy atom. The van der Waals surface area contributed by atoms with Crippen molar-refractivity contribution in [2.45, 2.75) is 83.5 Å². The van der Waals surface area contributed by atoms with Gasteiger partial charge in [-0.05, 0) is 88.4 Å². The Morgan fingerprint density at radius 1 is 0.870 bits per heavy atom. The zero-order valence-electron chi connectivity index (χ0n) is 30.9. The van der Waals surface area contributed by atoms with Crippen molar-refractivity contribution in [1.29, 1.82) is 0 Å². The first-order valence-corrected chi connectivity index (χ1v) is 18.3. The van der Waals surface area contributed by atoms with Gasteiger partial charge in [-0.25, -0.2) is 4.98 Å². The molecule has 1 amide bonds. The molecule has 1 aliphatic rings. The Balaban J connectivity index is 1.40. The highest BCUT2D eigenvalue weighted by atomic mass is 35.5. The van der Waals surface area contributed by atoms with Crippen LogP contribution in [0.15, 0.2) is 60.8 Å². The molecule has 1 atom stereocenters. The van der Waals surface area contributed by atoms with Gasteiger partial charge in [0.25, 0.3) is 5.91 Å². The Hall–Kier alpha value is -4.75. The summed E-state index contributed by atoms with van der Waals surface area (Å²) < 4.78 is 12.1. The SMILES string of the molecule is COc1nc(O[C@H]2CCc3cccc(-c4cccc(Cl)c4C(=O)Nc4ncccc4CNC(C)(C)CC(=O)O)c32)c(Cl)cc1CCNC(C)(C)CC(=O)O. The van der Waals surface area contributed by atoms with Gasteiger partial charge in [0.2, 0.25) is 11.8 Å². The number of carbonyl (C=O) groups is 3. The number of methoxy groups -OCH3 is 1. The molecule has 0 aliphatic heterocycles. The van der Waals surface area contributed by atoms with E-state index in [1.165, 1.54) is 7.11 Å². The summed E-state index contributed by atoms with van der Waals surface area (Å²) in [6, 6.07) is 16.5. The molecule has 2 aromatic heterocycles. The molecule has 286 valence electrons. The van der Waals surface area contributed by atoms with Crippen molar-refractivity contribution in [1.82, 2.24) is 20.6 Å². The van der Waals surface area contributed by atoms with Gasteiger partial charge < -0.3 is 35.6 Å². The van der Waals surface area contributed by atoms with Crippen molar-refractivity contribution in [3.8, 4) is 22.9 Å². The number of nitrogens with one attached hydrogen (secondary N) is 3. The molecule has 2 heterocycles. The van der Waals surface area contributed by atoms with Crippen molar-refractivity contribution in [2.24, 2.45) is 0 Å². The van der Waals surface area contributed by atoms with Crippen LogP contribution in [0.1, 0.15) is 85.7 Å². The van der Waals surface area contributed by atoms with Crippen LogP contribution in [0, 0.1) is 0 Å². The van der Waals surface area contributed by atoms with E-state index in [1.54, 1.807) is 44.3 Å². The predicted molar refractivity (Wildman–Crippen MR) is 208 cm³/mol. The molecule has 54 heavy (non-hydrogen) atoms. The minimum atomic E-state index is -0.921. The topological polar surface area (TPSA) is 172 Å². The normalized spacial score (nSPS) is 14.0. The van der Waals surface area contributed by atoms with Gasteiger partial charge in [-0.2, -0.15) is 4.98 Å². The molecule has 1 aliphatic carbocycles. The van der Waals surface area contributed by atoms with Crippen LogP contribution in [0.2, 0.25) is 10.0 Å². The van der Waals surface area contributed by atoms with Crippen molar-refractivity contribution in [3.05, 3.63) is 98.7 Å². The second-order valence-electron chi connectivity index (χ2n) is 14.5. The number of aliphatic carboxylic acids is 2. The van der Waals surface area contributed by atoms with Crippen LogP contribution in [0.5, 0.6) is 11.8 Å². The van der Waals surface area contributed by atoms with E-state index >= 15 is 0 Å². The molecule has 5 N–H and O–H groups in total. The number of hydrogen-bond donors (Lipinski definition) is 5. The van der Waals surface area contributed by atoms with E-state index in [0.29, 0.717) is 47.2 Å². The molecule has 0 radical (unpaired) electrons. The first-order chi connectivity index (χ1) is 25.6. The highest BCUT2D eigenvalue weighted by molar-refractivity contribution is 6.35. The highest BCUT2D eigenvalue weighted by Crippen LogP contribution is 2.44. The van der Waals surface area contributed by atoms with Crippen molar-refractivity contribution >= 4 is 46.9 Å². The van der Waals surface area contributed by atoms with Crippen LogP contribution in [0.25, 0.3) is 11.1 Å². The van der Waals surface area contributed by atoms with Gasteiger partial charge >= 0.3 is 11.9 Å². The maximum absolute atomic E-state index is 14.1. The Morgan fingerprint density at radius 3 is 2.26 bits per heavy atom. The quantitative estimate of drug-likeness (QED) is 0.0719. The molecule has 0 fully saturated rings. The van der Waals surface area contributed by atoms with Crippen LogP contribution >= 0.6 is 23.2 Å². The first-order valence-electron chi connectivity index (χ1n) is 17.6. The number of carboxylic acids is 2. The molecule has 2 aromatic carbocycles.